The van der Waals surface area contributed by atoms with E-state index in [1.165, 1.54) is 11.6 Å². The van der Waals surface area contributed by atoms with E-state index < -0.39 is 0 Å². The van der Waals surface area contributed by atoms with Crippen LogP contribution in [0.15, 0.2) is 48.5 Å². The van der Waals surface area contributed by atoms with Crippen LogP contribution in [0, 0.1) is 6.92 Å². The Morgan fingerprint density at radius 1 is 1.09 bits per heavy atom. The summed E-state index contributed by atoms with van der Waals surface area (Å²) in [6.07, 6.45) is 3.33. The first-order valence-electron chi connectivity index (χ1n) is 7.61. The van der Waals surface area contributed by atoms with E-state index in [9.17, 15) is 4.79 Å². The number of aryl methyl sites for hydroxylation is 1. The minimum absolute atomic E-state index is 0.129. The molecule has 0 aliphatic heterocycles. The van der Waals surface area contributed by atoms with Gasteiger partial charge in [-0.05, 0) is 47.2 Å². The van der Waals surface area contributed by atoms with Crippen LogP contribution in [0.25, 0.3) is 6.08 Å². The van der Waals surface area contributed by atoms with Crippen LogP contribution in [0.5, 0.6) is 0 Å². The predicted octanol–water partition coefficient (Wildman–Crippen LogP) is 5.60. The molecular formula is C20H22ClNO. The molecule has 2 nitrogen and oxygen atoms in total. The molecule has 0 aliphatic rings. The van der Waals surface area contributed by atoms with Crippen LogP contribution in [0.4, 0.5) is 5.69 Å². The van der Waals surface area contributed by atoms with Gasteiger partial charge in [0.15, 0.2) is 0 Å². The molecule has 0 saturated heterocycles. The van der Waals surface area contributed by atoms with Gasteiger partial charge in [-0.25, -0.2) is 0 Å². The lowest BCUT2D eigenvalue weighted by Crippen LogP contribution is -2.10. The smallest absolute Gasteiger partial charge is 0.248 e. The van der Waals surface area contributed by atoms with E-state index in [0.29, 0.717) is 10.7 Å². The number of hydrogen-bond donors (Lipinski definition) is 1. The lowest BCUT2D eigenvalue weighted by Gasteiger charge is -2.18. The van der Waals surface area contributed by atoms with Crippen molar-refractivity contribution in [2.75, 3.05) is 5.32 Å². The van der Waals surface area contributed by atoms with Gasteiger partial charge in [0, 0.05) is 16.8 Å². The Kier molecular flexibility index (Phi) is 5.27. The van der Waals surface area contributed by atoms with Gasteiger partial charge in [-0.3, -0.25) is 4.79 Å². The van der Waals surface area contributed by atoms with Gasteiger partial charge in [-0.15, -0.1) is 0 Å². The molecule has 3 heteroatoms. The summed E-state index contributed by atoms with van der Waals surface area (Å²) < 4.78 is 0. The fraction of sp³-hybridized carbons (Fsp3) is 0.250. The number of hydrogen-bond acceptors (Lipinski definition) is 1. The molecule has 23 heavy (non-hydrogen) atoms. The van der Waals surface area contributed by atoms with Gasteiger partial charge in [0.2, 0.25) is 5.91 Å². The zero-order chi connectivity index (χ0) is 17.0. The average Bonchev–Trinajstić information content (AvgIpc) is 2.48. The number of anilines is 1. The highest BCUT2D eigenvalue weighted by atomic mass is 35.5. The van der Waals surface area contributed by atoms with Gasteiger partial charge in [-0.1, -0.05) is 62.7 Å². The van der Waals surface area contributed by atoms with Crippen LogP contribution in [-0.4, -0.2) is 5.91 Å². The molecule has 0 aromatic heterocycles. The van der Waals surface area contributed by atoms with Gasteiger partial charge in [-0.2, -0.15) is 0 Å². The number of carbonyl (C=O) groups is 1. The van der Waals surface area contributed by atoms with E-state index in [1.54, 1.807) is 12.1 Å². The second kappa shape index (κ2) is 7.01. The molecule has 120 valence electrons. The molecule has 0 fully saturated rings. The summed E-state index contributed by atoms with van der Waals surface area (Å²) in [5.41, 5.74) is 4.07. The van der Waals surface area contributed by atoms with Gasteiger partial charge >= 0.3 is 0 Å². The molecule has 0 spiro atoms. The average molecular weight is 328 g/mol. The Balaban J connectivity index is 2.02. The third kappa shape index (κ3) is 4.97. The predicted molar refractivity (Wildman–Crippen MR) is 99.0 cm³/mol. The normalized spacial score (nSPS) is 11.7. The summed E-state index contributed by atoms with van der Waals surface area (Å²) in [6.45, 7) is 8.46. The largest absolute Gasteiger partial charge is 0.322 e. The Labute approximate surface area is 143 Å². The number of rotatable bonds is 3. The van der Waals surface area contributed by atoms with Crippen molar-refractivity contribution in [3.8, 4) is 0 Å². The Hall–Kier alpha value is -2.06. The number of nitrogens with one attached hydrogen (secondary N) is 1. The van der Waals surface area contributed by atoms with Gasteiger partial charge in [0.05, 0.1) is 0 Å². The third-order valence-electron chi connectivity index (χ3n) is 3.64. The summed E-state index contributed by atoms with van der Waals surface area (Å²) in [7, 11) is 0. The maximum Gasteiger partial charge on any atom is 0.248 e. The van der Waals surface area contributed by atoms with Crippen LogP contribution in [0.3, 0.4) is 0 Å². The molecule has 2 aromatic carbocycles. The fourth-order valence-electron chi connectivity index (χ4n) is 2.12. The van der Waals surface area contributed by atoms with Crippen LogP contribution < -0.4 is 5.32 Å². The Bertz CT molecular complexity index is 724. The van der Waals surface area contributed by atoms with Gasteiger partial charge < -0.3 is 5.32 Å². The molecule has 0 atom stereocenters. The van der Waals surface area contributed by atoms with E-state index in [2.05, 4.69) is 38.2 Å². The number of halogens is 1. The van der Waals surface area contributed by atoms with Crippen molar-refractivity contribution in [2.24, 2.45) is 0 Å². The Morgan fingerprint density at radius 2 is 1.74 bits per heavy atom. The van der Waals surface area contributed by atoms with Crippen molar-refractivity contribution in [1.82, 2.24) is 0 Å². The quantitative estimate of drug-likeness (QED) is 0.731. The molecule has 0 saturated carbocycles. The number of benzene rings is 2. The van der Waals surface area contributed by atoms with E-state index in [-0.39, 0.29) is 11.3 Å². The lowest BCUT2D eigenvalue weighted by atomic mass is 9.87. The molecule has 0 aliphatic carbocycles. The van der Waals surface area contributed by atoms with Crippen LogP contribution >= 0.6 is 11.6 Å². The third-order valence-corrected chi connectivity index (χ3v) is 4.05. The monoisotopic (exact) mass is 327 g/mol. The minimum atomic E-state index is -0.176. The molecule has 2 aromatic rings. The maximum absolute atomic E-state index is 12.0. The fourth-order valence-corrected chi connectivity index (χ4v) is 2.30. The van der Waals surface area contributed by atoms with Gasteiger partial charge in [0.25, 0.3) is 0 Å². The highest BCUT2D eigenvalue weighted by Crippen LogP contribution is 2.22. The summed E-state index contributed by atoms with van der Waals surface area (Å²) in [6, 6.07) is 13.7. The Morgan fingerprint density at radius 3 is 2.30 bits per heavy atom. The molecule has 0 heterocycles. The van der Waals surface area contributed by atoms with Crippen molar-refractivity contribution in [2.45, 2.75) is 33.1 Å². The second-order valence-corrected chi connectivity index (χ2v) is 7.07. The first-order valence-corrected chi connectivity index (χ1v) is 7.99. The van der Waals surface area contributed by atoms with Gasteiger partial charge in [0.1, 0.15) is 0 Å². The second-order valence-electron chi connectivity index (χ2n) is 6.66. The highest BCUT2D eigenvalue weighted by molar-refractivity contribution is 6.31. The van der Waals surface area contributed by atoms with Crippen molar-refractivity contribution >= 4 is 29.3 Å². The van der Waals surface area contributed by atoms with Crippen LogP contribution in [0.1, 0.15) is 37.5 Å². The molecule has 2 rings (SSSR count). The first kappa shape index (κ1) is 17.3. The number of amides is 1. The van der Waals surface area contributed by atoms with Crippen molar-refractivity contribution in [3.63, 3.8) is 0 Å². The maximum atomic E-state index is 12.0. The van der Waals surface area contributed by atoms with E-state index in [4.69, 9.17) is 11.6 Å². The summed E-state index contributed by atoms with van der Waals surface area (Å²) in [5, 5.41) is 3.45. The van der Waals surface area contributed by atoms with Crippen molar-refractivity contribution in [1.29, 1.82) is 0 Å². The van der Waals surface area contributed by atoms with E-state index in [1.807, 2.05) is 31.2 Å². The van der Waals surface area contributed by atoms with Crippen LogP contribution in [-0.2, 0) is 10.2 Å². The molecular weight excluding hydrogens is 306 g/mol. The standard InChI is InChI=1S/C20H22ClNO/c1-14-5-11-17(13-18(14)21)22-19(23)12-8-15-6-9-16(10-7-15)20(2,3)4/h5-13H,1-4H3,(H,22,23)/b12-8+. The van der Waals surface area contributed by atoms with Crippen molar-refractivity contribution < 1.29 is 4.79 Å². The molecule has 1 amide bonds. The summed E-state index contributed by atoms with van der Waals surface area (Å²) >= 11 is 6.05. The number of carbonyl (C=O) groups excluding carboxylic acids is 1. The zero-order valence-electron chi connectivity index (χ0n) is 14.0. The van der Waals surface area contributed by atoms with Crippen LogP contribution in [0.2, 0.25) is 5.02 Å². The zero-order valence-corrected chi connectivity index (χ0v) is 14.7. The SMILES string of the molecule is Cc1ccc(NC(=O)/C=C/c2ccc(C(C)(C)C)cc2)cc1Cl. The molecule has 1 N–H and O–H groups in total. The topological polar surface area (TPSA) is 29.1 Å². The van der Waals surface area contributed by atoms with E-state index in [0.717, 1.165) is 11.1 Å². The summed E-state index contributed by atoms with van der Waals surface area (Å²) in [4.78, 5) is 12.0. The minimum Gasteiger partial charge on any atom is -0.322 e. The molecule has 0 bridgehead atoms. The lowest BCUT2D eigenvalue weighted by molar-refractivity contribution is -0.111. The van der Waals surface area contributed by atoms with Crippen molar-refractivity contribution in [3.05, 3.63) is 70.3 Å². The first-order chi connectivity index (χ1) is 10.8. The summed E-state index contributed by atoms with van der Waals surface area (Å²) in [5.74, 6) is -0.176. The molecule has 0 radical (unpaired) electrons. The van der Waals surface area contributed by atoms with E-state index >= 15 is 0 Å². The molecule has 0 unspecified atom stereocenters. The highest BCUT2D eigenvalue weighted by Gasteiger charge is 2.12.